The molecule has 0 saturated heterocycles. The van der Waals surface area contributed by atoms with E-state index in [1.807, 2.05) is 44.2 Å². The molecule has 2 heterocycles. The first-order valence-electron chi connectivity index (χ1n) is 8.89. The molecule has 0 radical (unpaired) electrons. The van der Waals surface area contributed by atoms with Gasteiger partial charge in [0.05, 0.1) is 11.4 Å². The summed E-state index contributed by atoms with van der Waals surface area (Å²) in [5.41, 5.74) is 1.69. The molecule has 0 aliphatic carbocycles. The van der Waals surface area contributed by atoms with Crippen molar-refractivity contribution in [1.82, 2.24) is 23.2 Å². The first kappa shape index (κ1) is 20.7. The average molecular weight is 417 g/mol. The molecule has 0 unspecified atom stereocenters. The highest BCUT2D eigenvalue weighted by molar-refractivity contribution is 7.89. The molecule has 29 heavy (non-hydrogen) atoms. The molecule has 0 fully saturated rings. The van der Waals surface area contributed by atoms with Gasteiger partial charge < -0.3 is 4.57 Å². The summed E-state index contributed by atoms with van der Waals surface area (Å²) >= 11 is 0. The van der Waals surface area contributed by atoms with E-state index in [4.69, 9.17) is 0 Å². The van der Waals surface area contributed by atoms with Crippen LogP contribution in [0.4, 0.5) is 0 Å². The first-order chi connectivity index (χ1) is 13.6. The van der Waals surface area contributed by atoms with Crippen LogP contribution in [0.3, 0.4) is 0 Å². The Labute approximate surface area is 168 Å². The predicted molar refractivity (Wildman–Crippen MR) is 109 cm³/mol. The molecule has 3 aromatic rings. The number of aryl methyl sites for hydroxylation is 2. The third-order valence-electron chi connectivity index (χ3n) is 4.93. The largest absolute Gasteiger partial charge is 0.330 e. The predicted octanol–water partition coefficient (Wildman–Crippen LogP) is 0.707. The monoisotopic (exact) mass is 417 g/mol. The smallest absolute Gasteiger partial charge is 0.302 e. The number of para-hydroxylation sites is 1. The Balaban J connectivity index is 2.01. The van der Waals surface area contributed by atoms with Gasteiger partial charge in [-0.05, 0) is 26.0 Å². The van der Waals surface area contributed by atoms with E-state index < -0.39 is 26.2 Å². The van der Waals surface area contributed by atoms with E-state index in [1.54, 1.807) is 4.68 Å². The lowest BCUT2D eigenvalue weighted by Gasteiger charge is -2.18. The van der Waals surface area contributed by atoms with Crippen LogP contribution in [0.25, 0.3) is 5.69 Å². The molecule has 0 aliphatic heterocycles. The quantitative estimate of drug-likeness (QED) is 0.609. The molecule has 0 spiro atoms. The second kappa shape index (κ2) is 7.45. The Morgan fingerprint density at radius 3 is 2.31 bits per heavy atom. The zero-order valence-corrected chi connectivity index (χ0v) is 17.8. The molecule has 10 heteroatoms. The van der Waals surface area contributed by atoms with Crippen molar-refractivity contribution < 1.29 is 8.42 Å². The first-order valence-corrected chi connectivity index (χ1v) is 10.3. The molecule has 0 saturated carbocycles. The summed E-state index contributed by atoms with van der Waals surface area (Å²) in [6, 6.07) is 9.54. The van der Waals surface area contributed by atoms with Crippen molar-refractivity contribution in [2.45, 2.75) is 25.3 Å². The van der Waals surface area contributed by atoms with Crippen LogP contribution in [0.1, 0.15) is 17.0 Å². The minimum Gasteiger partial charge on any atom is -0.302 e. The van der Waals surface area contributed by atoms with Gasteiger partial charge in [0.1, 0.15) is 0 Å². The lowest BCUT2D eigenvalue weighted by atomic mass is 10.2. The fourth-order valence-electron chi connectivity index (χ4n) is 3.15. The topological polar surface area (TPSA) is 99.2 Å². The minimum absolute atomic E-state index is 0.0405. The number of benzene rings is 1. The standard InChI is InChI=1S/C19H23N5O4S/c1-13-16(14(2)24(20-13)15-9-7-6-8-10-15)11-22(4)29(27,28)17-12-21(3)19(26)23(5)18(17)25/h6-10,12H,11H2,1-5H3. The minimum atomic E-state index is -4.12. The van der Waals surface area contributed by atoms with Crippen LogP contribution in [-0.2, 0) is 30.7 Å². The molecule has 0 bridgehead atoms. The summed E-state index contributed by atoms with van der Waals surface area (Å²) < 4.78 is 30.8. The second-order valence-electron chi connectivity index (χ2n) is 6.91. The molecule has 0 atom stereocenters. The highest BCUT2D eigenvalue weighted by atomic mass is 32.2. The summed E-state index contributed by atoms with van der Waals surface area (Å²) in [6.45, 7) is 3.72. The number of sulfonamides is 1. The van der Waals surface area contributed by atoms with Gasteiger partial charge >= 0.3 is 5.69 Å². The van der Waals surface area contributed by atoms with Gasteiger partial charge in [-0.3, -0.25) is 9.36 Å². The van der Waals surface area contributed by atoms with Crippen LogP contribution in [0.15, 0.2) is 51.0 Å². The van der Waals surface area contributed by atoms with Crippen molar-refractivity contribution in [1.29, 1.82) is 0 Å². The van der Waals surface area contributed by atoms with E-state index in [2.05, 4.69) is 5.10 Å². The third kappa shape index (κ3) is 3.56. The summed E-state index contributed by atoms with van der Waals surface area (Å²) in [6.07, 6.45) is 1.06. The Hall–Kier alpha value is -2.98. The fourth-order valence-corrected chi connectivity index (χ4v) is 4.44. The van der Waals surface area contributed by atoms with Crippen LogP contribution in [0, 0.1) is 13.8 Å². The lowest BCUT2D eigenvalue weighted by molar-refractivity contribution is 0.461. The lowest BCUT2D eigenvalue weighted by Crippen LogP contribution is -2.41. The Morgan fingerprint density at radius 1 is 1.07 bits per heavy atom. The van der Waals surface area contributed by atoms with Crippen molar-refractivity contribution in [2.75, 3.05) is 7.05 Å². The van der Waals surface area contributed by atoms with Crippen molar-refractivity contribution in [2.24, 2.45) is 14.1 Å². The Morgan fingerprint density at radius 2 is 1.69 bits per heavy atom. The van der Waals surface area contributed by atoms with Crippen molar-refractivity contribution in [3.05, 3.63) is 74.3 Å². The molecule has 0 amide bonds. The van der Waals surface area contributed by atoms with Gasteiger partial charge in [-0.1, -0.05) is 18.2 Å². The Bertz CT molecular complexity index is 1290. The van der Waals surface area contributed by atoms with Gasteiger partial charge in [0, 0.05) is 45.1 Å². The van der Waals surface area contributed by atoms with E-state index >= 15 is 0 Å². The summed E-state index contributed by atoms with van der Waals surface area (Å²) in [5.74, 6) is 0. The highest BCUT2D eigenvalue weighted by Gasteiger charge is 2.28. The van der Waals surface area contributed by atoms with Gasteiger partial charge in [-0.25, -0.2) is 17.9 Å². The molecule has 0 N–H and O–H groups in total. The van der Waals surface area contributed by atoms with Gasteiger partial charge in [-0.15, -0.1) is 0 Å². The maximum Gasteiger partial charge on any atom is 0.330 e. The molecule has 0 aliphatic rings. The van der Waals surface area contributed by atoms with E-state index in [0.717, 1.165) is 36.6 Å². The summed E-state index contributed by atoms with van der Waals surface area (Å²) in [5, 5.41) is 4.53. The maximum atomic E-state index is 13.0. The van der Waals surface area contributed by atoms with Crippen molar-refractivity contribution in [3.63, 3.8) is 0 Å². The van der Waals surface area contributed by atoms with E-state index in [1.165, 1.54) is 21.1 Å². The number of aromatic nitrogens is 4. The van der Waals surface area contributed by atoms with E-state index in [-0.39, 0.29) is 6.54 Å². The number of hydrogen-bond acceptors (Lipinski definition) is 5. The Kier molecular flexibility index (Phi) is 5.33. The normalized spacial score (nSPS) is 11.9. The van der Waals surface area contributed by atoms with Gasteiger partial charge in [0.2, 0.25) is 10.0 Å². The average Bonchev–Trinajstić information content (AvgIpc) is 2.97. The number of hydrogen-bond donors (Lipinski definition) is 0. The molecular formula is C19H23N5O4S. The van der Waals surface area contributed by atoms with Gasteiger partial charge in [0.15, 0.2) is 4.90 Å². The van der Waals surface area contributed by atoms with Crippen LogP contribution in [0.5, 0.6) is 0 Å². The SMILES string of the molecule is Cc1nn(-c2ccccc2)c(C)c1CN(C)S(=O)(=O)c1cn(C)c(=O)n(C)c1=O. The third-order valence-corrected chi connectivity index (χ3v) is 6.71. The molecule has 3 rings (SSSR count). The van der Waals surface area contributed by atoms with Crippen LogP contribution >= 0.6 is 0 Å². The number of rotatable bonds is 5. The molecule has 1 aromatic carbocycles. The molecular weight excluding hydrogens is 394 g/mol. The number of nitrogens with zero attached hydrogens (tertiary/aromatic N) is 5. The van der Waals surface area contributed by atoms with E-state index in [9.17, 15) is 18.0 Å². The molecule has 154 valence electrons. The maximum absolute atomic E-state index is 13.0. The zero-order chi connectivity index (χ0) is 21.5. The van der Waals surface area contributed by atoms with Crippen LogP contribution in [0.2, 0.25) is 0 Å². The van der Waals surface area contributed by atoms with Crippen molar-refractivity contribution >= 4 is 10.0 Å². The molecule has 2 aromatic heterocycles. The summed E-state index contributed by atoms with van der Waals surface area (Å²) in [4.78, 5) is 23.8. The van der Waals surface area contributed by atoms with Crippen LogP contribution < -0.4 is 11.2 Å². The fraction of sp³-hybridized carbons (Fsp3) is 0.316. The highest BCUT2D eigenvalue weighted by Crippen LogP contribution is 2.21. The summed E-state index contributed by atoms with van der Waals surface area (Å²) in [7, 11) is -0.0602. The van der Waals surface area contributed by atoms with Gasteiger partial charge in [-0.2, -0.15) is 9.40 Å². The van der Waals surface area contributed by atoms with Crippen LogP contribution in [-0.4, -0.2) is 38.7 Å². The second-order valence-corrected chi connectivity index (χ2v) is 8.92. The van der Waals surface area contributed by atoms with Gasteiger partial charge in [0.25, 0.3) is 5.56 Å². The molecule has 9 nitrogen and oxygen atoms in total. The van der Waals surface area contributed by atoms with E-state index in [0.29, 0.717) is 5.69 Å². The zero-order valence-electron chi connectivity index (χ0n) is 16.9. The van der Waals surface area contributed by atoms with Crippen molar-refractivity contribution in [3.8, 4) is 5.69 Å².